The predicted molar refractivity (Wildman–Crippen MR) is 79.3 cm³/mol. The molecule has 0 amide bonds. The molecule has 3 atom stereocenters. The van der Waals surface area contributed by atoms with E-state index in [-0.39, 0.29) is 5.41 Å². The zero-order valence-corrected chi connectivity index (χ0v) is 12.8. The first-order valence-electron chi connectivity index (χ1n) is 7.01. The number of nitrogens with zero attached hydrogens (tertiary/aromatic N) is 1. The fraction of sp³-hybridized carbons (Fsp3) is 0.929. The van der Waals surface area contributed by atoms with E-state index in [1.165, 1.54) is 18.6 Å². The lowest BCUT2D eigenvalue weighted by molar-refractivity contribution is 0.180. The van der Waals surface area contributed by atoms with Crippen LogP contribution in [0.5, 0.6) is 0 Å². The summed E-state index contributed by atoms with van der Waals surface area (Å²) in [7, 11) is 0. The molecule has 0 spiro atoms. The summed E-state index contributed by atoms with van der Waals surface area (Å²) >= 11 is 1.87. The number of hydrogen-bond donors (Lipinski definition) is 1. The SMILES string of the molecule is CC(NC1=NC(C(C)(C)C)CCS1)C1CCOC1. The molecule has 4 heteroatoms. The summed E-state index contributed by atoms with van der Waals surface area (Å²) in [5.41, 5.74) is 0.271. The van der Waals surface area contributed by atoms with Crippen LogP contribution in [0.4, 0.5) is 0 Å². The van der Waals surface area contributed by atoms with Crippen LogP contribution >= 0.6 is 11.8 Å². The van der Waals surface area contributed by atoms with Crippen LogP contribution in [0.25, 0.3) is 0 Å². The summed E-state index contributed by atoms with van der Waals surface area (Å²) in [6.07, 6.45) is 2.37. The Morgan fingerprint density at radius 2 is 2.17 bits per heavy atom. The molecule has 0 aromatic carbocycles. The third kappa shape index (κ3) is 3.64. The number of ether oxygens (including phenoxy) is 1. The van der Waals surface area contributed by atoms with Gasteiger partial charge in [-0.25, -0.2) is 0 Å². The normalized spacial score (nSPS) is 31.0. The number of thioether (sulfide) groups is 1. The van der Waals surface area contributed by atoms with E-state index < -0.39 is 0 Å². The first kappa shape index (κ1) is 14.2. The Bertz CT molecular complexity index is 305. The Hall–Kier alpha value is -0.220. The molecule has 1 N–H and O–H groups in total. The van der Waals surface area contributed by atoms with Crippen LogP contribution < -0.4 is 5.32 Å². The van der Waals surface area contributed by atoms with Gasteiger partial charge in [0.15, 0.2) is 5.17 Å². The first-order chi connectivity index (χ1) is 8.47. The molecule has 2 heterocycles. The van der Waals surface area contributed by atoms with Crippen molar-refractivity contribution in [1.82, 2.24) is 5.32 Å². The summed E-state index contributed by atoms with van der Waals surface area (Å²) in [5, 5.41) is 4.74. The van der Waals surface area contributed by atoms with Crippen LogP contribution in [-0.2, 0) is 4.74 Å². The van der Waals surface area contributed by atoms with E-state index in [1.54, 1.807) is 0 Å². The third-order valence-electron chi connectivity index (χ3n) is 3.93. The van der Waals surface area contributed by atoms with Gasteiger partial charge in [-0.15, -0.1) is 0 Å². The number of rotatable bonds is 2. The Labute approximate surface area is 115 Å². The summed E-state index contributed by atoms with van der Waals surface area (Å²) in [6, 6.07) is 0.922. The lowest BCUT2D eigenvalue weighted by atomic mass is 9.85. The molecule has 1 saturated heterocycles. The molecule has 104 valence electrons. The van der Waals surface area contributed by atoms with Gasteiger partial charge in [0.1, 0.15) is 0 Å². The molecule has 0 aromatic rings. The van der Waals surface area contributed by atoms with Gasteiger partial charge in [-0.1, -0.05) is 32.5 Å². The van der Waals surface area contributed by atoms with Crippen LogP contribution in [0, 0.1) is 11.3 Å². The number of hydrogen-bond acceptors (Lipinski definition) is 4. The molecule has 1 fully saturated rings. The fourth-order valence-corrected chi connectivity index (χ4v) is 3.48. The quantitative estimate of drug-likeness (QED) is 0.837. The monoisotopic (exact) mass is 270 g/mol. The minimum Gasteiger partial charge on any atom is -0.381 e. The van der Waals surface area contributed by atoms with Crippen LogP contribution in [0.15, 0.2) is 4.99 Å². The minimum atomic E-state index is 0.271. The summed E-state index contributed by atoms with van der Waals surface area (Å²) < 4.78 is 5.46. The van der Waals surface area contributed by atoms with Gasteiger partial charge in [0, 0.05) is 24.3 Å². The molecule has 0 saturated carbocycles. The lowest BCUT2D eigenvalue weighted by Gasteiger charge is -2.32. The predicted octanol–water partition coefficient (Wildman–Crippen LogP) is 2.91. The van der Waals surface area contributed by atoms with Gasteiger partial charge in [0.25, 0.3) is 0 Å². The van der Waals surface area contributed by atoms with Crippen molar-refractivity contribution in [3.05, 3.63) is 0 Å². The van der Waals surface area contributed by atoms with Crippen molar-refractivity contribution in [1.29, 1.82) is 0 Å². The zero-order chi connectivity index (χ0) is 13.2. The van der Waals surface area contributed by atoms with Gasteiger partial charge >= 0.3 is 0 Å². The average molecular weight is 270 g/mol. The molecule has 0 aliphatic carbocycles. The smallest absolute Gasteiger partial charge is 0.157 e. The van der Waals surface area contributed by atoms with Crippen LogP contribution in [0.2, 0.25) is 0 Å². The van der Waals surface area contributed by atoms with Crippen molar-refractivity contribution in [2.45, 2.75) is 52.6 Å². The van der Waals surface area contributed by atoms with Gasteiger partial charge in [-0.3, -0.25) is 4.99 Å². The number of amidine groups is 1. The van der Waals surface area contributed by atoms with Crippen molar-refractivity contribution in [2.24, 2.45) is 16.3 Å². The maximum atomic E-state index is 5.46. The number of nitrogens with one attached hydrogen (secondary N) is 1. The fourth-order valence-electron chi connectivity index (χ4n) is 2.48. The van der Waals surface area contributed by atoms with Gasteiger partial charge in [-0.05, 0) is 25.2 Å². The Balaban J connectivity index is 1.93. The molecule has 3 unspecified atom stereocenters. The van der Waals surface area contributed by atoms with Crippen LogP contribution in [0.1, 0.15) is 40.5 Å². The van der Waals surface area contributed by atoms with Gasteiger partial charge in [-0.2, -0.15) is 0 Å². The maximum absolute atomic E-state index is 5.46. The van der Waals surface area contributed by atoms with E-state index in [9.17, 15) is 0 Å². The highest BCUT2D eigenvalue weighted by Gasteiger charge is 2.29. The number of aliphatic imine (C=N–C) groups is 1. The highest BCUT2D eigenvalue weighted by atomic mass is 32.2. The molecule has 2 rings (SSSR count). The second-order valence-corrected chi connectivity index (χ2v) is 7.59. The zero-order valence-electron chi connectivity index (χ0n) is 12.0. The largest absolute Gasteiger partial charge is 0.381 e. The summed E-state index contributed by atoms with van der Waals surface area (Å²) in [4.78, 5) is 4.89. The first-order valence-corrected chi connectivity index (χ1v) is 8.00. The minimum absolute atomic E-state index is 0.271. The molecule has 0 radical (unpaired) electrons. The molecule has 3 nitrogen and oxygen atoms in total. The van der Waals surface area contributed by atoms with Crippen molar-refractivity contribution in [3.63, 3.8) is 0 Å². The Morgan fingerprint density at radius 3 is 2.78 bits per heavy atom. The molecule has 2 aliphatic rings. The highest BCUT2D eigenvalue weighted by Crippen LogP contribution is 2.30. The lowest BCUT2D eigenvalue weighted by Crippen LogP contribution is -2.40. The molecule has 18 heavy (non-hydrogen) atoms. The van der Waals surface area contributed by atoms with E-state index in [2.05, 4.69) is 33.0 Å². The van der Waals surface area contributed by atoms with E-state index in [1.807, 2.05) is 11.8 Å². The molecule has 2 aliphatic heterocycles. The third-order valence-corrected chi connectivity index (χ3v) is 4.86. The molecule has 0 bridgehead atoms. The topological polar surface area (TPSA) is 33.6 Å². The van der Waals surface area contributed by atoms with E-state index in [0.717, 1.165) is 18.4 Å². The standard InChI is InChI=1S/C14H26N2OS/c1-10(11-5-7-17-9-11)15-13-16-12(6-8-18-13)14(2,3)4/h10-12H,5-9H2,1-4H3,(H,15,16). The van der Waals surface area contributed by atoms with Crippen molar-refractivity contribution in [3.8, 4) is 0 Å². The Morgan fingerprint density at radius 1 is 1.39 bits per heavy atom. The van der Waals surface area contributed by atoms with Crippen molar-refractivity contribution in [2.75, 3.05) is 19.0 Å². The van der Waals surface area contributed by atoms with E-state index in [0.29, 0.717) is 18.0 Å². The highest BCUT2D eigenvalue weighted by molar-refractivity contribution is 8.13. The van der Waals surface area contributed by atoms with E-state index >= 15 is 0 Å². The van der Waals surface area contributed by atoms with Gasteiger partial charge in [0.05, 0.1) is 12.6 Å². The average Bonchev–Trinajstić information content (AvgIpc) is 2.81. The maximum Gasteiger partial charge on any atom is 0.157 e. The van der Waals surface area contributed by atoms with Crippen LogP contribution in [-0.4, -0.2) is 36.2 Å². The molecular formula is C14H26N2OS. The molecule has 0 aromatic heterocycles. The second kappa shape index (κ2) is 5.83. The van der Waals surface area contributed by atoms with Gasteiger partial charge < -0.3 is 10.1 Å². The second-order valence-electron chi connectivity index (χ2n) is 6.51. The van der Waals surface area contributed by atoms with Crippen molar-refractivity contribution < 1.29 is 4.74 Å². The Kier molecular flexibility index (Phi) is 4.59. The van der Waals surface area contributed by atoms with Crippen LogP contribution in [0.3, 0.4) is 0 Å². The summed E-state index contributed by atoms with van der Waals surface area (Å²) in [6.45, 7) is 10.9. The van der Waals surface area contributed by atoms with Crippen molar-refractivity contribution >= 4 is 16.9 Å². The van der Waals surface area contributed by atoms with Gasteiger partial charge in [0.2, 0.25) is 0 Å². The summed E-state index contributed by atoms with van der Waals surface area (Å²) in [5.74, 6) is 1.82. The van der Waals surface area contributed by atoms with E-state index in [4.69, 9.17) is 9.73 Å². The molecular weight excluding hydrogens is 244 g/mol.